The number of amides is 1. The van der Waals surface area contributed by atoms with E-state index in [1.807, 2.05) is 50.8 Å². The molecule has 0 bridgehead atoms. The van der Waals surface area contributed by atoms with Crippen molar-refractivity contribution in [3.63, 3.8) is 0 Å². The van der Waals surface area contributed by atoms with Gasteiger partial charge in [-0.15, -0.1) is 0 Å². The Bertz CT molecular complexity index is 477. The first kappa shape index (κ1) is 16.0. The number of rotatable bonds is 6. The monoisotopic (exact) mass is 290 g/mol. The molecule has 1 N–H and O–H groups in total. The van der Waals surface area contributed by atoms with Gasteiger partial charge >= 0.3 is 0 Å². The minimum Gasteiger partial charge on any atom is -0.377 e. The molecule has 0 radical (unpaired) electrons. The standard InChI is InChI=1S/C17H26N2O2/c1-5-17(4)16(20)19(12-13(3)21-6-2)15(18-17)14-10-8-7-9-11-14/h7-11,13,15,18H,5-6,12H2,1-4H3. The fraction of sp³-hybridized carbons (Fsp3) is 0.588. The fourth-order valence-electron chi connectivity index (χ4n) is 2.83. The highest BCUT2D eigenvalue weighted by Crippen LogP contribution is 2.32. The molecule has 1 heterocycles. The molecule has 0 aromatic heterocycles. The van der Waals surface area contributed by atoms with Crippen molar-refractivity contribution >= 4 is 5.91 Å². The van der Waals surface area contributed by atoms with Crippen LogP contribution in [0.3, 0.4) is 0 Å². The normalized spacial score (nSPS) is 27.1. The molecular weight excluding hydrogens is 264 g/mol. The van der Waals surface area contributed by atoms with E-state index in [1.54, 1.807) is 0 Å². The Balaban J connectivity index is 2.25. The molecule has 1 aliphatic heterocycles. The van der Waals surface area contributed by atoms with Crippen molar-refractivity contribution in [2.45, 2.75) is 51.9 Å². The summed E-state index contributed by atoms with van der Waals surface area (Å²) < 4.78 is 5.62. The van der Waals surface area contributed by atoms with Gasteiger partial charge in [-0.25, -0.2) is 0 Å². The van der Waals surface area contributed by atoms with Crippen LogP contribution in [-0.4, -0.2) is 35.6 Å². The molecule has 4 nitrogen and oxygen atoms in total. The number of carbonyl (C=O) groups is 1. The topological polar surface area (TPSA) is 41.6 Å². The maximum absolute atomic E-state index is 12.8. The van der Waals surface area contributed by atoms with Crippen LogP contribution in [0.2, 0.25) is 0 Å². The molecule has 1 fully saturated rings. The van der Waals surface area contributed by atoms with E-state index in [2.05, 4.69) is 17.4 Å². The summed E-state index contributed by atoms with van der Waals surface area (Å²) in [6.07, 6.45) is 0.729. The predicted molar refractivity (Wildman–Crippen MR) is 83.8 cm³/mol. The van der Waals surface area contributed by atoms with Crippen molar-refractivity contribution in [2.24, 2.45) is 0 Å². The Morgan fingerprint density at radius 2 is 2.00 bits per heavy atom. The number of nitrogens with zero attached hydrogens (tertiary/aromatic N) is 1. The van der Waals surface area contributed by atoms with E-state index in [1.165, 1.54) is 0 Å². The number of hydrogen-bond donors (Lipinski definition) is 1. The average molecular weight is 290 g/mol. The minimum atomic E-state index is -0.494. The molecule has 1 aliphatic rings. The van der Waals surface area contributed by atoms with Gasteiger partial charge in [-0.05, 0) is 32.8 Å². The van der Waals surface area contributed by atoms with Gasteiger partial charge in [0.1, 0.15) is 6.17 Å². The van der Waals surface area contributed by atoms with E-state index >= 15 is 0 Å². The summed E-state index contributed by atoms with van der Waals surface area (Å²) in [5.74, 6) is 0.158. The van der Waals surface area contributed by atoms with Crippen LogP contribution in [-0.2, 0) is 9.53 Å². The lowest BCUT2D eigenvalue weighted by atomic mass is 9.99. The lowest BCUT2D eigenvalue weighted by molar-refractivity contribution is -0.134. The van der Waals surface area contributed by atoms with Gasteiger partial charge in [0.05, 0.1) is 11.6 Å². The third kappa shape index (κ3) is 3.27. The van der Waals surface area contributed by atoms with Crippen LogP contribution in [0.5, 0.6) is 0 Å². The maximum Gasteiger partial charge on any atom is 0.244 e. The number of nitrogens with one attached hydrogen (secondary N) is 1. The number of benzene rings is 1. The zero-order valence-electron chi connectivity index (χ0n) is 13.4. The van der Waals surface area contributed by atoms with Crippen LogP contribution in [0.4, 0.5) is 0 Å². The number of hydrogen-bond acceptors (Lipinski definition) is 3. The molecule has 1 saturated heterocycles. The highest BCUT2D eigenvalue weighted by Gasteiger charge is 2.47. The summed E-state index contributed by atoms with van der Waals surface area (Å²) in [6.45, 7) is 9.29. The molecule has 4 heteroatoms. The summed E-state index contributed by atoms with van der Waals surface area (Å²) >= 11 is 0. The Labute approximate surface area is 127 Å². The zero-order valence-corrected chi connectivity index (χ0v) is 13.4. The Morgan fingerprint density at radius 3 is 2.57 bits per heavy atom. The van der Waals surface area contributed by atoms with Crippen LogP contribution in [0, 0.1) is 0 Å². The van der Waals surface area contributed by atoms with E-state index in [4.69, 9.17) is 4.74 Å². The smallest absolute Gasteiger partial charge is 0.244 e. The van der Waals surface area contributed by atoms with Crippen molar-refractivity contribution in [2.75, 3.05) is 13.2 Å². The van der Waals surface area contributed by atoms with Crippen LogP contribution in [0.1, 0.15) is 45.8 Å². The number of carbonyl (C=O) groups excluding carboxylic acids is 1. The van der Waals surface area contributed by atoms with Crippen molar-refractivity contribution in [1.82, 2.24) is 10.2 Å². The first-order chi connectivity index (χ1) is 10.0. The molecule has 1 amide bonds. The second kappa shape index (κ2) is 6.58. The van der Waals surface area contributed by atoms with Crippen molar-refractivity contribution in [1.29, 1.82) is 0 Å². The van der Waals surface area contributed by atoms with Crippen LogP contribution >= 0.6 is 0 Å². The summed E-state index contributed by atoms with van der Waals surface area (Å²) in [4.78, 5) is 14.7. The van der Waals surface area contributed by atoms with Crippen molar-refractivity contribution < 1.29 is 9.53 Å². The van der Waals surface area contributed by atoms with E-state index in [0.717, 1.165) is 12.0 Å². The van der Waals surface area contributed by atoms with Crippen molar-refractivity contribution in [3.8, 4) is 0 Å². The summed E-state index contributed by atoms with van der Waals surface area (Å²) in [7, 11) is 0. The van der Waals surface area contributed by atoms with Crippen molar-refractivity contribution in [3.05, 3.63) is 35.9 Å². The van der Waals surface area contributed by atoms with E-state index in [9.17, 15) is 4.79 Å². The van der Waals surface area contributed by atoms with Gasteiger partial charge < -0.3 is 9.64 Å². The molecule has 1 aromatic carbocycles. The third-order valence-corrected chi connectivity index (χ3v) is 4.23. The van der Waals surface area contributed by atoms with Gasteiger partial charge in [-0.3, -0.25) is 10.1 Å². The Morgan fingerprint density at radius 1 is 1.33 bits per heavy atom. The van der Waals surface area contributed by atoms with E-state index in [-0.39, 0.29) is 18.2 Å². The van der Waals surface area contributed by atoms with Gasteiger partial charge in [0, 0.05) is 13.2 Å². The van der Waals surface area contributed by atoms with Gasteiger partial charge in [-0.1, -0.05) is 37.3 Å². The quantitative estimate of drug-likeness (QED) is 0.876. The largest absolute Gasteiger partial charge is 0.377 e. The molecule has 1 aromatic rings. The third-order valence-electron chi connectivity index (χ3n) is 4.23. The Hall–Kier alpha value is -1.39. The van der Waals surface area contributed by atoms with Gasteiger partial charge in [-0.2, -0.15) is 0 Å². The van der Waals surface area contributed by atoms with Gasteiger partial charge in [0.25, 0.3) is 0 Å². The second-order valence-corrected chi connectivity index (χ2v) is 5.87. The summed E-state index contributed by atoms with van der Waals surface area (Å²) in [6, 6.07) is 10.1. The molecule has 0 aliphatic carbocycles. The predicted octanol–water partition coefficient (Wildman–Crippen LogP) is 2.71. The van der Waals surface area contributed by atoms with Gasteiger partial charge in [0.2, 0.25) is 5.91 Å². The minimum absolute atomic E-state index is 0.0335. The molecule has 0 spiro atoms. The average Bonchev–Trinajstić information content (AvgIpc) is 2.74. The highest BCUT2D eigenvalue weighted by atomic mass is 16.5. The molecule has 3 atom stereocenters. The highest BCUT2D eigenvalue weighted by molar-refractivity contribution is 5.88. The molecule has 21 heavy (non-hydrogen) atoms. The maximum atomic E-state index is 12.8. The summed E-state index contributed by atoms with van der Waals surface area (Å²) in [5, 5.41) is 3.50. The van der Waals surface area contributed by atoms with E-state index in [0.29, 0.717) is 13.2 Å². The first-order valence-electron chi connectivity index (χ1n) is 7.77. The molecule has 2 rings (SSSR count). The molecular formula is C17H26N2O2. The van der Waals surface area contributed by atoms with Crippen LogP contribution in [0.15, 0.2) is 30.3 Å². The molecule has 0 saturated carbocycles. The van der Waals surface area contributed by atoms with E-state index < -0.39 is 5.54 Å². The van der Waals surface area contributed by atoms with Crippen LogP contribution in [0.25, 0.3) is 0 Å². The lowest BCUT2D eigenvalue weighted by Gasteiger charge is -2.27. The zero-order chi connectivity index (χ0) is 15.5. The SMILES string of the molecule is CCOC(C)CN1C(=O)C(C)(CC)NC1c1ccccc1. The van der Waals surface area contributed by atoms with Crippen LogP contribution < -0.4 is 5.32 Å². The first-order valence-corrected chi connectivity index (χ1v) is 7.77. The molecule has 116 valence electrons. The lowest BCUT2D eigenvalue weighted by Crippen LogP contribution is -2.43. The Kier molecular flexibility index (Phi) is 5.01. The second-order valence-electron chi connectivity index (χ2n) is 5.87. The van der Waals surface area contributed by atoms with Gasteiger partial charge in [0.15, 0.2) is 0 Å². The number of ether oxygens (including phenoxy) is 1. The summed E-state index contributed by atoms with van der Waals surface area (Å²) in [5.41, 5.74) is 0.624. The fourth-order valence-corrected chi connectivity index (χ4v) is 2.83. The molecule has 3 unspecified atom stereocenters.